The molecule has 1 amide bonds. The molecule has 1 aromatic heterocycles. The lowest BCUT2D eigenvalue weighted by Gasteiger charge is -2.12. The van der Waals surface area contributed by atoms with Crippen LogP contribution in [0.25, 0.3) is 0 Å². The molecule has 0 radical (unpaired) electrons. The number of hydrogen-bond donors (Lipinski definition) is 2. The molecule has 158 valence electrons. The first-order chi connectivity index (χ1) is 13.7. The van der Waals surface area contributed by atoms with Gasteiger partial charge in [0.2, 0.25) is 21.8 Å². The van der Waals surface area contributed by atoms with Crippen molar-refractivity contribution in [2.45, 2.75) is 38.4 Å². The van der Waals surface area contributed by atoms with Gasteiger partial charge in [-0.3, -0.25) is 4.79 Å². The number of amides is 1. The fraction of sp³-hybridized carbons (Fsp3) is 0.368. The summed E-state index contributed by atoms with van der Waals surface area (Å²) in [6.45, 7) is 3.42. The molecule has 7 nitrogen and oxygen atoms in total. The molecule has 1 aromatic carbocycles. The summed E-state index contributed by atoms with van der Waals surface area (Å²) >= 11 is 0. The summed E-state index contributed by atoms with van der Waals surface area (Å²) in [5, 5.41) is 2.11. The highest BCUT2D eigenvalue weighted by molar-refractivity contribution is 7.90. The van der Waals surface area contributed by atoms with E-state index in [4.69, 9.17) is 4.74 Å². The van der Waals surface area contributed by atoms with Crippen LogP contribution in [0.2, 0.25) is 0 Å². The first-order valence-electron chi connectivity index (χ1n) is 9.05. The molecule has 0 aliphatic rings. The van der Waals surface area contributed by atoms with E-state index in [1.165, 1.54) is 6.20 Å². The van der Waals surface area contributed by atoms with Crippen molar-refractivity contribution in [1.29, 1.82) is 0 Å². The Kier molecular flexibility index (Phi) is 8.03. The number of halogens is 2. The molecule has 2 rings (SSSR count). The highest BCUT2D eigenvalue weighted by Gasteiger charge is 2.15. The quantitative estimate of drug-likeness (QED) is 0.565. The lowest BCUT2D eigenvalue weighted by Crippen LogP contribution is -2.31. The number of anilines is 1. The Balaban J connectivity index is 1.88. The molecule has 2 aromatic rings. The molecule has 0 fully saturated rings. The predicted octanol–water partition coefficient (Wildman–Crippen LogP) is 3.59. The van der Waals surface area contributed by atoms with Gasteiger partial charge in [-0.1, -0.05) is 0 Å². The van der Waals surface area contributed by atoms with Gasteiger partial charge in [0.05, 0.1) is 5.25 Å². The van der Waals surface area contributed by atoms with Crippen LogP contribution < -0.4 is 14.8 Å². The molecule has 0 unspecified atom stereocenters. The Morgan fingerprint density at radius 1 is 1.21 bits per heavy atom. The van der Waals surface area contributed by atoms with Crippen molar-refractivity contribution in [1.82, 2.24) is 9.71 Å². The zero-order chi connectivity index (χ0) is 21.4. The minimum absolute atomic E-state index is 0.0314. The third-order valence-corrected chi connectivity index (χ3v) is 5.75. The maximum atomic E-state index is 13.8. The lowest BCUT2D eigenvalue weighted by atomic mass is 10.2. The van der Waals surface area contributed by atoms with Gasteiger partial charge in [0.1, 0.15) is 11.5 Å². The minimum Gasteiger partial charge on any atom is -0.434 e. The standard InChI is InChI=1S/C19H23F2N3O4S/c1-13(2)29(26,27)23-11-4-3-7-18(25)24-16-6-5-10-22-19(16)28-17-9-8-14(20)12-15(17)21/h5-6,8-10,12-13,23H,3-4,7,11H2,1-2H3,(H,24,25). The van der Waals surface area contributed by atoms with Gasteiger partial charge in [0.15, 0.2) is 11.6 Å². The number of sulfonamides is 1. The van der Waals surface area contributed by atoms with E-state index in [9.17, 15) is 22.0 Å². The second kappa shape index (κ2) is 10.3. The molecular weight excluding hydrogens is 404 g/mol. The van der Waals surface area contributed by atoms with Gasteiger partial charge in [-0.05, 0) is 51.0 Å². The van der Waals surface area contributed by atoms with E-state index in [0.717, 1.165) is 12.1 Å². The van der Waals surface area contributed by atoms with Gasteiger partial charge < -0.3 is 10.1 Å². The fourth-order valence-electron chi connectivity index (χ4n) is 2.23. The molecule has 0 saturated heterocycles. The molecule has 10 heteroatoms. The van der Waals surface area contributed by atoms with Crippen LogP contribution in [0.5, 0.6) is 11.6 Å². The first-order valence-corrected chi connectivity index (χ1v) is 10.6. The molecule has 0 aliphatic heterocycles. The summed E-state index contributed by atoms with van der Waals surface area (Å²) < 4.78 is 57.9. The molecule has 2 N–H and O–H groups in total. The fourth-order valence-corrected chi connectivity index (χ4v) is 3.00. The Morgan fingerprint density at radius 3 is 2.66 bits per heavy atom. The van der Waals surface area contributed by atoms with Gasteiger partial charge in [0.25, 0.3) is 0 Å². The van der Waals surface area contributed by atoms with Gasteiger partial charge in [-0.15, -0.1) is 0 Å². The Labute approximate surface area is 168 Å². The molecule has 0 saturated carbocycles. The van der Waals surface area contributed by atoms with Crippen molar-refractivity contribution in [2.24, 2.45) is 0 Å². The highest BCUT2D eigenvalue weighted by Crippen LogP contribution is 2.29. The van der Waals surface area contributed by atoms with Crippen LogP contribution >= 0.6 is 0 Å². The van der Waals surface area contributed by atoms with Crippen molar-refractivity contribution in [3.8, 4) is 11.6 Å². The summed E-state index contributed by atoms with van der Waals surface area (Å²) in [6.07, 6.45) is 2.53. The normalized spacial score (nSPS) is 11.5. The summed E-state index contributed by atoms with van der Waals surface area (Å²) in [4.78, 5) is 16.1. The number of carbonyl (C=O) groups is 1. The van der Waals surface area contributed by atoms with E-state index in [1.807, 2.05) is 0 Å². The van der Waals surface area contributed by atoms with Crippen molar-refractivity contribution in [3.63, 3.8) is 0 Å². The number of nitrogens with one attached hydrogen (secondary N) is 2. The van der Waals surface area contributed by atoms with Gasteiger partial charge in [0, 0.05) is 25.2 Å². The molecule has 0 aliphatic carbocycles. The molecule has 0 spiro atoms. The summed E-state index contributed by atoms with van der Waals surface area (Å²) in [6, 6.07) is 5.98. The number of nitrogens with zero attached hydrogens (tertiary/aromatic N) is 1. The molecule has 1 heterocycles. The van der Waals surface area contributed by atoms with E-state index in [2.05, 4.69) is 15.0 Å². The number of aromatic nitrogens is 1. The summed E-state index contributed by atoms with van der Waals surface area (Å²) in [5.74, 6) is -2.21. The van der Waals surface area contributed by atoms with Crippen LogP contribution in [0, 0.1) is 11.6 Å². The van der Waals surface area contributed by atoms with E-state index < -0.39 is 26.9 Å². The maximum Gasteiger partial charge on any atom is 0.243 e. The van der Waals surface area contributed by atoms with Crippen LogP contribution in [-0.2, 0) is 14.8 Å². The largest absolute Gasteiger partial charge is 0.434 e. The Morgan fingerprint density at radius 2 is 1.97 bits per heavy atom. The zero-order valence-electron chi connectivity index (χ0n) is 16.1. The van der Waals surface area contributed by atoms with E-state index in [0.29, 0.717) is 18.9 Å². The topological polar surface area (TPSA) is 97.4 Å². The second-order valence-electron chi connectivity index (χ2n) is 6.53. The molecule has 0 atom stereocenters. The number of rotatable bonds is 10. The number of carbonyl (C=O) groups excluding carboxylic acids is 1. The first kappa shape index (κ1) is 22.7. The monoisotopic (exact) mass is 427 g/mol. The van der Waals surface area contributed by atoms with Crippen LogP contribution in [0.1, 0.15) is 33.1 Å². The smallest absolute Gasteiger partial charge is 0.243 e. The van der Waals surface area contributed by atoms with Crippen LogP contribution in [-0.4, -0.2) is 31.1 Å². The lowest BCUT2D eigenvalue weighted by molar-refractivity contribution is -0.116. The molecular formula is C19H23F2N3O4S. The van der Waals surface area contributed by atoms with Crippen molar-refractivity contribution < 1.29 is 26.7 Å². The average Bonchev–Trinajstić information content (AvgIpc) is 2.65. The Hall–Kier alpha value is -2.59. The van der Waals surface area contributed by atoms with E-state index >= 15 is 0 Å². The van der Waals surface area contributed by atoms with E-state index in [-0.39, 0.29) is 36.2 Å². The van der Waals surface area contributed by atoms with Gasteiger partial charge >= 0.3 is 0 Å². The second-order valence-corrected chi connectivity index (χ2v) is 8.85. The van der Waals surface area contributed by atoms with Crippen LogP contribution in [0.3, 0.4) is 0 Å². The molecule has 0 bridgehead atoms. The number of ether oxygens (including phenoxy) is 1. The average molecular weight is 427 g/mol. The van der Waals surface area contributed by atoms with Crippen LogP contribution in [0.4, 0.5) is 14.5 Å². The number of pyridine rings is 1. The number of benzene rings is 1. The summed E-state index contributed by atoms with van der Waals surface area (Å²) in [7, 11) is -3.32. The van der Waals surface area contributed by atoms with E-state index in [1.54, 1.807) is 26.0 Å². The van der Waals surface area contributed by atoms with Crippen molar-refractivity contribution >= 4 is 21.6 Å². The number of unbranched alkanes of at least 4 members (excludes halogenated alkanes) is 1. The minimum atomic E-state index is -3.32. The number of hydrogen-bond acceptors (Lipinski definition) is 5. The zero-order valence-corrected chi connectivity index (χ0v) is 16.9. The van der Waals surface area contributed by atoms with Crippen LogP contribution in [0.15, 0.2) is 36.5 Å². The maximum absolute atomic E-state index is 13.8. The highest BCUT2D eigenvalue weighted by atomic mass is 32.2. The third kappa shape index (κ3) is 7.06. The van der Waals surface area contributed by atoms with Crippen molar-refractivity contribution in [3.05, 3.63) is 48.2 Å². The Bertz CT molecular complexity index is 952. The predicted molar refractivity (Wildman–Crippen MR) is 105 cm³/mol. The van der Waals surface area contributed by atoms with Gasteiger partial charge in [-0.25, -0.2) is 26.9 Å². The summed E-state index contributed by atoms with van der Waals surface area (Å²) in [5.41, 5.74) is 0.238. The van der Waals surface area contributed by atoms with Crippen molar-refractivity contribution in [2.75, 3.05) is 11.9 Å². The van der Waals surface area contributed by atoms with Gasteiger partial charge in [-0.2, -0.15) is 0 Å². The third-order valence-electron chi connectivity index (χ3n) is 3.90. The SMILES string of the molecule is CC(C)S(=O)(=O)NCCCCC(=O)Nc1cccnc1Oc1ccc(F)cc1F. The molecule has 29 heavy (non-hydrogen) atoms.